The van der Waals surface area contributed by atoms with E-state index in [9.17, 15) is 0 Å². The lowest BCUT2D eigenvalue weighted by atomic mass is 10.0. The minimum absolute atomic E-state index is 0.701. The molecule has 1 heterocycles. The summed E-state index contributed by atoms with van der Waals surface area (Å²) in [5.74, 6) is 1.01. The summed E-state index contributed by atoms with van der Waals surface area (Å²) in [6.07, 6.45) is 3.20. The zero-order valence-electron chi connectivity index (χ0n) is 12.5. The zero-order chi connectivity index (χ0) is 14.2. The van der Waals surface area contributed by atoms with Crippen molar-refractivity contribution >= 4 is 0 Å². The molecule has 4 heteroatoms. The molecule has 1 fully saturated rings. The lowest BCUT2D eigenvalue weighted by Gasteiger charge is -2.27. The predicted molar refractivity (Wildman–Crippen MR) is 83.4 cm³/mol. The average molecular weight is 277 g/mol. The van der Waals surface area contributed by atoms with Gasteiger partial charge < -0.3 is 20.7 Å². The minimum atomic E-state index is 0.701. The van der Waals surface area contributed by atoms with Crippen molar-refractivity contribution in [1.29, 1.82) is 0 Å². The number of aryl methyl sites for hydroxylation is 1. The van der Waals surface area contributed by atoms with Crippen LogP contribution in [0.2, 0.25) is 0 Å². The number of hydrogen-bond acceptors (Lipinski definition) is 4. The van der Waals surface area contributed by atoms with Crippen LogP contribution in [0.4, 0.5) is 0 Å². The van der Waals surface area contributed by atoms with E-state index in [0.717, 1.165) is 31.7 Å². The Balaban J connectivity index is 1.87. The van der Waals surface area contributed by atoms with Crippen LogP contribution in [0.15, 0.2) is 18.2 Å². The van der Waals surface area contributed by atoms with Gasteiger partial charge in [0.1, 0.15) is 5.75 Å². The summed E-state index contributed by atoms with van der Waals surface area (Å²) in [7, 11) is 1.75. The average Bonchev–Trinajstić information content (AvgIpc) is 2.49. The molecule has 0 spiro atoms. The van der Waals surface area contributed by atoms with E-state index in [-0.39, 0.29) is 0 Å². The summed E-state index contributed by atoms with van der Waals surface area (Å²) >= 11 is 0. The van der Waals surface area contributed by atoms with Crippen molar-refractivity contribution in [2.24, 2.45) is 5.73 Å². The number of nitrogens with zero attached hydrogens (tertiary/aromatic N) is 1. The molecule has 112 valence electrons. The molecule has 0 amide bonds. The normalized spacial score (nSPS) is 16.3. The van der Waals surface area contributed by atoms with Gasteiger partial charge in [-0.1, -0.05) is 12.1 Å². The van der Waals surface area contributed by atoms with Crippen LogP contribution >= 0.6 is 0 Å². The molecule has 0 unspecified atom stereocenters. The summed E-state index contributed by atoms with van der Waals surface area (Å²) in [5.41, 5.74) is 8.26. The number of methoxy groups -OCH3 is 1. The summed E-state index contributed by atoms with van der Waals surface area (Å²) in [5, 5.41) is 3.39. The van der Waals surface area contributed by atoms with Gasteiger partial charge in [0.25, 0.3) is 0 Å². The second kappa shape index (κ2) is 8.25. The third-order valence-corrected chi connectivity index (χ3v) is 3.91. The Kier molecular flexibility index (Phi) is 6.30. The topological polar surface area (TPSA) is 50.5 Å². The Labute approximate surface area is 122 Å². The maximum atomic E-state index is 5.63. The monoisotopic (exact) mass is 277 g/mol. The number of nitrogens with two attached hydrogens (primary N) is 1. The van der Waals surface area contributed by atoms with Crippen molar-refractivity contribution in [3.05, 3.63) is 29.3 Å². The first-order valence-corrected chi connectivity index (χ1v) is 7.62. The standard InChI is InChI=1S/C16H27N3O/c1-20-16-5-4-14(6-7-17)13-15(16)3-2-10-19-11-8-18-9-12-19/h4-5,13,18H,2-3,6-12,17H2,1H3. The second-order valence-electron chi connectivity index (χ2n) is 5.38. The van der Waals surface area contributed by atoms with Crippen molar-refractivity contribution in [3.63, 3.8) is 0 Å². The van der Waals surface area contributed by atoms with Gasteiger partial charge in [-0.3, -0.25) is 0 Å². The van der Waals surface area contributed by atoms with Gasteiger partial charge in [0, 0.05) is 26.2 Å². The highest BCUT2D eigenvalue weighted by molar-refractivity contribution is 5.37. The molecule has 20 heavy (non-hydrogen) atoms. The molecule has 0 atom stereocenters. The van der Waals surface area contributed by atoms with E-state index in [4.69, 9.17) is 10.5 Å². The van der Waals surface area contributed by atoms with Gasteiger partial charge in [0.05, 0.1) is 7.11 Å². The number of nitrogens with one attached hydrogen (secondary N) is 1. The molecular formula is C16H27N3O. The Morgan fingerprint density at radius 3 is 2.75 bits per heavy atom. The van der Waals surface area contributed by atoms with Crippen LogP contribution in [0.3, 0.4) is 0 Å². The Morgan fingerprint density at radius 2 is 2.05 bits per heavy atom. The summed E-state index contributed by atoms with van der Waals surface area (Å²) in [4.78, 5) is 2.53. The van der Waals surface area contributed by atoms with Gasteiger partial charge in [-0.15, -0.1) is 0 Å². The van der Waals surface area contributed by atoms with E-state index in [2.05, 4.69) is 28.4 Å². The van der Waals surface area contributed by atoms with Crippen molar-refractivity contribution in [3.8, 4) is 5.75 Å². The Bertz CT molecular complexity index is 403. The first-order valence-electron chi connectivity index (χ1n) is 7.62. The smallest absolute Gasteiger partial charge is 0.122 e. The molecule has 0 bridgehead atoms. The first kappa shape index (κ1) is 15.3. The van der Waals surface area contributed by atoms with Gasteiger partial charge in [-0.2, -0.15) is 0 Å². The molecule has 2 rings (SSSR count). The SMILES string of the molecule is COc1ccc(CCN)cc1CCCN1CCNCC1. The molecule has 1 aromatic carbocycles. The highest BCUT2D eigenvalue weighted by Gasteiger charge is 2.10. The van der Waals surface area contributed by atoms with E-state index in [0.29, 0.717) is 6.54 Å². The van der Waals surface area contributed by atoms with Gasteiger partial charge in [-0.25, -0.2) is 0 Å². The third kappa shape index (κ3) is 4.47. The number of benzene rings is 1. The fraction of sp³-hybridized carbons (Fsp3) is 0.625. The van der Waals surface area contributed by atoms with Crippen LogP contribution in [0, 0.1) is 0 Å². The third-order valence-electron chi connectivity index (χ3n) is 3.91. The first-order chi connectivity index (χ1) is 9.83. The molecule has 1 aliphatic heterocycles. The molecule has 3 N–H and O–H groups in total. The lowest BCUT2D eigenvalue weighted by Crippen LogP contribution is -2.43. The summed E-state index contributed by atoms with van der Waals surface area (Å²) in [6, 6.07) is 6.44. The van der Waals surface area contributed by atoms with E-state index in [1.165, 1.54) is 37.2 Å². The molecule has 4 nitrogen and oxygen atoms in total. The Morgan fingerprint density at radius 1 is 1.25 bits per heavy atom. The van der Waals surface area contributed by atoms with Gasteiger partial charge in [-0.05, 0) is 49.5 Å². The quantitative estimate of drug-likeness (QED) is 0.782. The molecule has 0 aliphatic carbocycles. The van der Waals surface area contributed by atoms with Crippen molar-refractivity contribution in [2.45, 2.75) is 19.3 Å². The molecular weight excluding hydrogens is 250 g/mol. The van der Waals surface area contributed by atoms with Crippen molar-refractivity contribution in [2.75, 3.05) is 46.4 Å². The minimum Gasteiger partial charge on any atom is -0.496 e. The molecule has 1 aromatic rings. The summed E-state index contributed by atoms with van der Waals surface area (Å²) < 4.78 is 5.47. The largest absolute Gasteiger partial charge is 0.496 e. The second-order valence-corrected chi connectivity index (χ2v) is 5.38. The van der Waals surface area contributed by atoms with Gasteiger partial charge in [0.2, 0.25) is 0 Å². The highest BCUT2D eigenvalue weighted by Crippen LogP contribution is 2.21. The van der Waals surface area contributed by atoms with Crippen LogP contribution in [0.1, 0.15) is 17.5 Å². The van der Waals surface area contributed by atoms with Crippen molar-refractivity contribution < 1.29 is 4.74 Å². The highest BCUT2D eigenvalue weighted by atomic mass is 16.5. The predicted octanol–water partition coefficient (Wildman–Crippen LogP) is 1.03. The molecule has 0 saturated carbocycles. The van der Waals surface area contributed by atoms with Gasteiger partial charge in [0.15, 0.2) is 0 Å². The van der Waals surface area contributed by atoms with E-state index < -0.39 is 0 Å². The number of hydrogen-bond donors (Lipinski definition) is 2. The molecule has 1 aliphatic rings. The molecule has 0 aromatic heterocycles. The van der Waals surface area contributed by atoms with Crippen LogP contribution in [-0.4, -0.2) is 51.3 Å². The molecule has 0 radical (unpaired) electrons. The van der Waals surface area contributed by atoms with E-state index in [1.807, 2.05) is 0 Å². The Hall–Kier alpha value is -1.10. The van der Waals surface area contributed by atoms with Crippen LogP contribution in [0.25, 0.3) is 0 Å². The number of ether oxygens (including phenoxy) is 1. The van der Waals surface area contributed by atoms with Crippen LogP contribution in [-0.2, 0) is 12.8 Å². The maximum Gasteiger partial charge on any atom is 0.122 e. The fourth-order valence-corrected chi connectivity index (χ4v) is 2.78. The molecule has 1 saturated heterocycles. The summed E-state index contributed by atoms with van der Waals surface area (Å²) in [6.45, 7) is 6.46. The van der Waals surface area contributed by atoms with E-state index in [1.54, 1.807) is 7.11 Å². The van der Waals surface area contributed by atoms with Crippen LogP contribution in [0.5, 0.6) is 5.75 Å². The van der Waals surface area contributed by atoms with E-state index >= 15 is 0 Å². The van der Waals surface area contributed by atoms with Crippen molar-refractivity contribution in [1.82, 2.24) is 10.2 Å². The van der Waals surface area contributed by atoms with Crippen LogP contribution < -0.4 is 15.8 Å². The van der Waals surface area contributed by atoms with Gasteiger partial charge >= 0.3 is 0 Å². The maximum absolute atomic E-state index is 5.63. The zero-order valence-corrected chi connectivity index (χ0v) is 12.5. The lowest BCUT2D eigenvalue weighted by molar-refractivity contribution is 0.238. The fourth-order valence-electron chi connectivity index (χ4n) is 2.78. The number of rotatable bonds is 7. The number of piperazine rings is 1.